The van der Waals surface area contributed by atoms with Crippen molar-refractivity contribution in [3.63, 3.8) is 0 Å². The van der Waals surface area contributed by atoms with E-state index in [1.165, 1.54) is 55.6 Å². The third-order valence-electron chi connectivity index (χ3n) is 13.5. The van der Waals surface area contributed by atoms with Gasteiger partial charge in [-0.2, -0.15) is 0 Å². The molecular weight excluding hydrogens is 763 g/mol. The Morgan fingerprint density at radius 2 is 0.746 bits per heavy atom. The second kappa shape index (κ2) is 13.9. The van der Waals surface area contributed by atoms with Crippen LogP contribution in [0, 0.1) is 0 Å². The van der Waals surface area contributed by atoms with E-state index in [0.29, 0.717) is 0 Å². The van der Waals surface area contributed by atoms with Crippen LogP contribution >= 0.6 is 0 Å². The molecule has 10 aromatic carbocycles. The highest BCUT2D eigenvalue weighted by Gasteiger charge is 2.51. The molecule has 1 aromatic heterocycles. The van der Waals surface area contributed by atoms with Gasteiger partial charge >= 0.3 is 0 Å². The van der Waals surface area contributed by atoms with E-state index < -0.39 is 0 Å². The summed E-state index contributed by atoms with van der Waals surface area (Å²) in [6.07, 6.45) is 0. The van der Waals surface area contributed by atoms with Crippen LogP contribution in [0.4, 0.5) is 17.1 Å². The second-order valence-corrected chi connectivity index (χ2v) is 16.8. The van der Waals surface area contributed by atoms with E-state index in [9.17, 15) is 0 Å². The molecule has 2 aliphatic carbocycles. The zero-order chi connectivity index (χ0) is 41.5. The molecule has 2 aliphatic rings. The summed E-state index contributed by atoms with van der Waals surface area (Å²) in [5.74, 6) is 0. The fraction of sp³-hybridized carbons (Fsp3) is 0.0164. The maximum absolute atomic E-state index is 6.53. The quantitative estimate of drug-likeness (QED) is 0.167. The van der Waals surface area contributed by atoms with Gasteiger partial charge in [-0.05, 0) is 121 Å². The maximum Gasteiger partial charge on any atom is 0.143 e. The lowest BCUT2D eigenvalue weighted by atomic mass is 9.70. The van der Waals surface area contributed by atoms with Gasteiger partial charge in [0.2, 0.25) is 0 Å². The second-order valence-electron chi connectivity index (χ2n) is 16.8. The van der Waals surface area contributed by atoms with E-state index in [0.717, 1.165) is 61.3 Å². The molecule has 0 N–H and O–H groups in total. The van der Waals surface area contributed by atoms with Crippen molar-refractivity contribution < 1.29 is 4.42 Å². The van der Waals surface area contributed by atoms with Gasteiger partial charge in [-0.1, -0.05) is 188 Å². The number of furan rings is 1. The van der Waals surface area contributed by atoms with Crippen molar-refractivity contribution in [2.24, 2.45) is 0 Å². The minimum absolute atomic E-state index is 0.383. The number of nitrogens with zero attached hydrogens (tertiary/aromatic N) is 1. The zero-order valence-electron chi connectivity index (χ0n) is 34.4. The molecule has 1 heterocycles. The molecule has 2 nitrogen and oxygen atoms in total. The largest absolute Gasteiger partial charge is 0.455 e. The molecular formula is C61H39NO. The van der Waals surface area contributed by atoms with Gasteiger partial charge in [-0.15, -0.1) is 0 Å². The van der Waals surface area contributed by atoms with Crippen LogP contribution in [0.2, 0.25) is 0 Å². The predicted octanol–water partition coefficient (Wildman–Crippen LogP) is 16.4. The Bertz CT molecular complexity index is 3500. The van der Waals surface area contributed by atoms with Crippen LogP contribution in [0.15, 0.2) is 241 Å². The summed E-state index contributed by atoms with van der Waals surface area (Å²) < 4.78 is 6.53. The van der Waals surface area contributed by atoms with Gasteiger partial charge in [0, 0.05) is 33.4 Å². The molecule has 13 rings (SSSR count). The standard InChI is InChI=1S/C61H39NO/c1-3-14-40(15-4-1)41-26-31-45(32-27-41)62(46-33-28-42(29-34-46)44-30-37-59-54(38-44)52-22-13-21-48(60(52)63-59)43-16-5-2-6-17-43)47-35-36-58-53(39-47)51-20-9-12-25-57(51)61(58)55-23-10-7-18-49(55)50-19-8-11-24-56(50)61/h1-39H. The van der Waals surface area contributed by atoms with E-state index >= 15 is 0 Å². The fourth-order valence-electron chi connectivity index (χ4n) is 10.7. The summed E-state index contributed by atoms with van der Waals surface area (Å²) in [5, 5.41) is 2.24. The summed E-state index contributed by atoms with van der Waals surface area (Å²) in [6, 6.07) is 86.3. The van der Waals surface area contributed by atoms with Gasteiger partial charge in [0.25, 0.3) is 0 Å². The minimum atomic E-state index is -0.383. The highest BCUT2D eigenvalue weighted by atomic mass is 16.3. The third kappa shape index (κ3) is 5.32. The van der Waals surface area contributed by atoms with Gasteiger partial charge < -0.3 is 9.32 Å². The van der Waals surface area contributed by atoms with Crippen molar-refractivity contribution in [3.05, 3.63) is 259 Å². The maximum atomic E-state index is 6.53. The molecule has 294 valence electrons. The fourth-order valence-corrected chi connectivity index (χ4v) is 10.7. The number of para-hydroxylation sites is 1. The normalized spacial score (nSPS) is 12.9. The van der Waals surface area contributed by atoms with Gasteiger partial charge in [-0.25, -0.2) is 0 Å². The highest BCUT2D eigenvalue weighted by Crippen LogP contribution is 2.63. The van der Waals surface area contributed by atoms with Crippen LogP contribution in [0.25, 0.3) is 77.6 Å². The molecule has 0 saturated carbocycles. The number of hydrogen-bond donors (Lipinski definition) is 0. The van der Waals surface area contributed by atoms with E-state index in [1.807, 2.05) is 0 Å². The predicted molar refractivity (Wildman–Crippen MR) is 261 cm³/mol. The molecule has 0 fully saturated rings. The molecule has 0 radical (unpaired) electrons. The Morgan fingerprint density at radius 1 is 0.286 bits per heavy atom. The Kier molecular flexibility index (Phi) is 7.85. The molecule has 0 bridgehead atoms. The van der Waals surface area contributed by atoms with E-state index in [1.54, 1.807) is 0 Å². The van der Waals surface area contributed by atoms with Crippen molar-refractivity contribution in [3.8, 4) is 55.6 Å². The Hall–Kier alpha value is -8.20. The van der Waals surface area contributed by atoms with Crippen LogP contribution in [0.5, 0.6) is 0 Å². The topological polar surface area (TPSA) is 16.4 Å². The number of fused-ring (bicyclic) bond motifs is 13. The first kappa shape index (κ1) is 35.5. The number of rotatable bonds is 6. The molecule has 1 spiro atoms. The lowest BCUT2D eigenvalue weighted by Crippen LogP contribution is -2.25. The summed E-state index contributed by atoms with van der Waals surface area (Å²) in [5.41, 5.74) is 22.3. The summed E-state index contributed by atoms with van der Waals surface area (Å²) in [7, 11) is 0. The highest BCUT2D eigenvalue weighted by molar-refractivity contribution is 6.10. The molecule has 63 heavy (non-hydrogen) atoms. The summed E-state index contributed by atoms with van der Waals surface area (Å²) in [4.78, 5) is 2.40. The van der Waals surface area contributed by atoms with E-state index in [2.05, 4.69) is 241 Å². The smallest absolute Gasteiger partial charge is 0.143 e. The average Bonchev–Trinajstić information content (AvgIpc) is 3.99. The first-order valence-corrected chi connectivity index (χ1v) is 21.7. The first-order chi connectivity index (χ1) is 31.2. The molecule has 0 saturated heterocycles. The first-order valence-electron chi connectivity index (χ1n) is 21.7. The van der Waals surface area contributed by atoms with Crippen LogP contribution in [0.3, 0.4) is 0 Å². The van der Waals surface area contributed by atoms with E-state index in [-0.39, 0.29) is 5.41 Å². The number of benzene rings is 10. The van der Waals surface area contributed by atoms with Gasteiger partial charge in [0.1, 0.15) is 11.2 Å². The SMILES string of the molecule is c1ccc(-c2ccc(N(c3ccc(-c4ccc5oc6c(-c7ccccc7)cccc6c5c4)cc3)c3ccc4c(c3)-c3ccccc3C43c4ccccc4-c4ccccc43)cc2)cc1. The molecule has 0 amide bonds. The average molecular weight is 802 g/mol. The van der Waals surface area contributed by atoms with Crippen molar-refractivity contribution >= 4 is 39.0 Å². The number of hydrogen-bond acceptors (Lipinski definition) is 2. The zero-order valence-corrected chi connectivity index (χ0v) is 34.4. The van der Waals surface area contributed by atoms with Gasteiger partial charge in [-0.3, -0.25) is 0 Å². The Labute approximate surface area is 366 Å². The van der Waals surface area contributed by atoms with Crippen LogP contribution in [-0.2, 0) is 5.41 Å². The Morgan fingerprint density at radius 3 is 1.37 bits per heavy atom. The molecule has 0 aliphatic heterocycles. The lowest BCUT2D eigenvalue weighted by Gasteiger charge is -2.31. The van der Waals surface area contributed by atoms with Crippen molar-refractivity contribution in [1.29, 1.82) is 0 Å². The molecule has 0 atom stereocenters. The minimum Gasteiger partial charge on any atom is -0.455 e. The number of anilines is 3. The van der Waals surface area contributed by atoms with Gasteiger partial charge in [0.15, 0.2) is 0 Å². The summed E-state index contributed by atoms with van der Waals surface area (Å²) in [6.45, 7) is 0. The lowest BCUT2D eigenvalue weighted by molar-refractivity contribution is 0.670. The van der Waals surface area contributed by atoms with Crippen molar-refractivity contribution in [1.82, 2.24) is 0 Å². The molecule has 0 unspecified atom stereocenters. The summed E-state index contributed by atoms with van der Waals surface area (Å²) >= 11 is 0. The van der Waals surface area contributed by atoms with Crippen molar-refractivity contribution in [2.45, 2.75) is 5.41 Å². The molecule has 11 aromatic rings. The Balaban J connectivity index is 0.941. The monoisotopic (exact) mass is 801 g/mol. The van der Waals surface area contributed by atoms with Gasteiger partial charge in [0.05, 0.1) is 5.41 Å². The van der Waals surface area contributed by atoms with Crippen LogP contribution < -0.4 is 4.90 Å². The van der Waals surface area contributed by atoms with Crippen molar-refractivity contribution in [2.75, 3.05) is 4.90 Å². The van der Waals surface area contributed by atoms with Crippen LogP contribution in [0.1, 0.15) is 22.3 Å². The third-order valence-corrected chi connectivity index (χ3v) is 13.5. The van der Waals surface area contributed by atoms with Crippen LogP contribution in [-0.4, -0.2) is 0 Å². The molecule has 2 heteroatoms. The van der Waals surface area contributed by atoms with E-state index in [4.69, 9.17) is 4.42 Å².